The summed E-state index contributed by atoms with van der Waals surface area (Å²) in [4.78, 5) is 8.37. The molecule has 0 radical (unpaired) electrons. The predicted molar refractivity (Wildman–Crippen MR) is 92.7 cm³/mol. The average Bonchev–Trinajstić information content (AvgIpc) is 3.07. The van der Waals surface area contributed by atoms with Crippen LogP contribution in [0.25, 0.3) is 4.96 Å². The van der Waals surface area contributed by atoms with Gasteiger partial charge in [-0.15, -0.1) is 5.10 Å². The molecule has 6 nitrogen and oxygen atoms in total. The Labute approximate surface area is 144 Å². The van der Waals surface area contributed by atoms with Crippen LogP contribution >= 0.6 is 11.3 Å². The van der Waals surface area contributed by atoms with Crippen molar-refractivity contribution in [2.24, 2.45) is 0 Å². The molecule has 0 unspecified atom stereocenters. The molecule has 1 atom stereocenters. The van der Waals surface area contributed by atoms with Crippen LogP contribution in [-0.4, -0.2) is 50.9 Å². The van der Waals surface area contributed by atoms with Gasteiger partial charge in [0.25, 0.3) is 0 Å². The van der Waals surface area contributed by atoms with Crippen molar-refractivity contribution in [3.05, 3.63) is 46.1 Å². The van der Waals surface area contributed by atoms with Gasteiger partial charge >= 0.3 is 0 Å². The Morgan fingerprint density at radius 3 is 2.75 bits per heavy atom. The van der Waals surface area contributed by atoms with Crippen LogP contribution in [0, 0.1) is 13.8 Å². The molecule has 4 rings (SSSR count). The first-order valence-electron chi connectivity index (χ1n) is 8.07. The van der Waals surface area contributed by atoms with Crippen LogP contribution in [0.15, 0.2) is 24.3 Å². The Morgan fingerprint density at radius 2 is 2.04 bits per heavy atom. The summed E-state index contributed by atoms with van der Waals surface area (Å²) in [6.45, 7) is 7.02. The molecule has 1 aromatic carbocycles. The smallest absolute Gasteiger partial charge is 0.230 e. The first-order chi connectivity index (χ1) is 11.6. The molecule has 1 N–H and O–H groups in total. The van der Waals surface area contributed by atoms with Crippen LogP contribution in [0.5, 0.6) is 5.88 Å². The van der Waals surface area contributed by atoms with Crippen LogP contribution in [-0.2, 0) is 4.74 Å². The molecule has 0 bridgehead atoms. The Balaban J connectivity index is 1.84. The lowest BCUT2D eigenvalue weighted by Crippen LogP contribution is -2.39. The second-order valence-electron chi connectivity index (χ2n) is 6.11. The maximum atomic E-state index is 10.7. The number of ether oxygens (including phenoxy) is 1. The van der Waals surface area contributed by atoms with Crippen molar-refractivity contribution in [2.75, 3.05) is 26.3 Å². The van der Waals surface area contributed by atoms with Gasteiger partial charge in [0.05, 0.1) is 24.1 Å². The van der Waals surface area contributed by atoms with Gasteiger partial charge in [-0.2, -0.15) is 4.52 Å². The normalized spacial score (nSPS) is 17.4. The quantitative estimate of drug-likeness (QED) is 0.791. The molecule has 1 fully saturated rings. The zero-order chi connectivity index (χ0) is 16.7. The van der Waals surface area contributed by atoms with E-state index in [1.807, 2.05) is 6.92 Å². The van der Waals surface area contributed by atoms with Gasteiger partial charge in [0.2, 0.25) is 10.8 Å². The fourth-order valence-electron chi connectivity index (χ4n) is 3.23. The van der Waals surface area contributed by atoms with E-state index >= 15 is 0 Å². The molecule has 1 saturated heterocycles. The molecule has 126 valence electrons. The molecule has 1 aliphatic rings. The molecule has 0 aliphatic carbocycles. The van der Waals surface area contributed by atoms with Gasteiger partial charge in [-0.25, -0.2) is 4.98 Å². The predicted octanol–water partition coefficient (Wildman–Crippen LogP) is 2.53. The standard InChI is InChI=1S/C17H20N4O2S/c1-11-4-3-5-13(10-11)14(20-6-8-23-9-7-20)15-16(22)21-17(24-15)18-12(2)19-21/h3-5,10,14,22H,6-9H2,1-2H3/t14-/m1/s1. The zero-order valence-electron chi connectivity index (χ0n) is 13.8. The van der Waals surface area contributed by atoms with E-state index < -0.39 is 0 Å². The Hall–Kier alpha value is -1.96. The van der Waals surface area contributed by atoms with Gasteiger partial charge in [0.15, 0.2) is 0 Å². The second-order valence-corrected chi connectivity index (χ2v) is 7.12. The lowest BCUT2D eigenvalue weighted by molar-refractivity contribution is 0.0241. The fraction of sp³-hybridized carbons (Fsp3) is 0.412. The Morgan fingerprint density at radius 1 is 1.25 bits per heavy atom. The van der Waals surface area contributed by atoms with E-state index in [1.165, 1.54) is 22.5 Å². The number of rotatable bonds is 3. The number of morpholine rings is 1. The number of fused-ring (bicyclic) bond motifs is 1. The van der Waals surface area contributed by atoms with Crippen molar-refractivity contribution in [3.63, 3.8) is 0 Å². The summed E-state index contributed by atoms with van der Waals surface area (Å²) in [7, 11) is 0. The number of hydrogen-bond acceptors (Lipinski definition) is 6. The molecule has 0 amide bonds. The van der Waals surface area contributed by atoms with E-state index in [2.05, 4.69) is 46.2 Å². The van der Waals surface area contributed by atoms with Gasteiger partial charge in [-0.1, -0.05) is 41.2 Å². The molecular weight excluding hydrogens is 324 g/mol. The average molecular weight is 344 g/mol. The van der Waals surface area contributed by atoms with Crippen molar-refractivity contribution in [1.82, 2.24) is 19.5 Å². The summed E-state index contributed by atoms with van der Waals surface area (Å²) in [5.74, 6) is 0.857. The number of aromatic hydroxyl groups is 1. The highest BCUT2D eigenvalue weighted by Gasteiger charge is 2.30. The summed E-state index contributed by atoms with van der Waals surface area (Å²) >= 11 is 1.50. The van der Waals surface area contributed by atoms with E-state index in [-0.39, 0.29) is 11.9 Å². The van der Waals surface area contributed by atoms with Gasteiger partial charge in [-0.05, 0) is 19.4 Å². The highest BCUT2D eigenvalue weighted by molar-refractivity contribution is 7.17. The zero-order valence-corrected chi connectivity index (χ0v) is 14.6. The molecule has 0 spiro atoms. The summed E-state index contributed by atoms with van der Waals surface area (Å²) in [5.41, 5.74) is 2.38. The van der Waals surface area contributed by atoms with Gasteiger partial charge in [0, 0.05) is 13.1 Å². The van der Waals surface area contributed by atoms with E-state index in [4.69, 9.17) is 4.74 Å². The van der Waals surface area contributed by atoms with Crippen molar-refractivity contribution in [3.8, 4) is 5.88 Å². The van der Waals surface area contributed by atoms with Gasteiger partial charge in [0.1, 0.15) is 5.82 Å². The number of aromatic nitrogens is 3. The fourth-order valence-corrected chi connectivity index (χ4v) is 4.39. The van der Waals surface area contributed by atoms with Crippen molar-refractivity contribution in [1.29, 1.82) is 0 Å². The van der Waals surface area contributed by atoms with Gasteiger partial charge < -0.3 is 9.84 Å². The van der Waals surface area contributed by atoms with E-state index in [0.29, 0.717) is 19.0 Å². The van der Waals surface area contributed by atoms with Crippen LogP contribution in [0.3, 0.4) is 0 Å². The van der Waals surface area contributed by atoms with E-state index in [0.717, 1.165) is 22.9 Å². The van der Waals surface area contributed by atoms with Gasteiger partial charge in [-0.3, -0.25) is 4.90 Å². The minimum atomic E-state index is -0.0115. The van der Waals surface area contributed by atoms with E-state index in [9.17, 15) is 5.11 Å². The highest BCUT2D eigenvalue weighted by Crippen LogP contribution is 2.40. The first-order valence-corrected chi connectivity index (χ1v) is 8.88. The number of thiazole rings is 1. The van der Waals surface area contributed by atoms with Crippen molar-refractivity contribution in [2.45, 2.75) is 19.9 Å². The molecule has 2 aromatic heterocycles. The summed E-state index contributed by atoms with van der Waals surface area (Å²) in [5, 5.41) is 15.0. The molecular formula is C17H20N4O2S. The Kier molecular flexibility index (Phi) is 3.99. The van der Waals surface area contributed by atoms with Crippen molar-refractivity contribution < 1.29 is 9.84 Å². The monoisotopic (exact) mass is 344 g/mol. The maximum Gasteiger partial charge on any atom is 0.230 e. The lowest BCUT2D eigenvalue weighted by atomic mass is 10.0. The molecule has 24 heavy (non-hydrogen) atoms. The Bertz CT molecular complexity index is 867. The first kappa shape index (κ1) is 15.6. The third kappa shape index (κ3) is 2.68. The molecule has 7 heteroatoms. The number of benzene rings is 1. The highest BCUT2D eigenvalue weighted by atomic mass is 32.1. The number of aryl methyl sites for hydroxylation is 2. The summed E-state index contributed by atoms with van der Waals surface area (Å²) in [6.07, 6.45) is 0. The second kappa shape index (κ2) is 6.16. The van der Waals surface area contributed by atoms with Crippen LogP contribution < -0.4 is 0 Å². The molecule has 1 aliphatic heterocycles. The van der Waals surface area contributed by atoms with Crippen LogP contribution in [0.2, 0.25) is 0 Å². The van der Waals surface area contributed by atoms with Crippen LogP contribution in [0.4, 0.5) is 0 Å². The van der Waals surface area contributed by atoms with Crippen molar-refractivity contribution >= 4 is 16.3 Å². The molecule has 0 saturated carbocycles. The maximum absolute atomic E-state index is 10.7. The third-order valence-electron chi connectivity index (χ3n) is 4.32. The van der Waals surface area contributed by atoms with E-state index in [1.54, 1.807) is 4.52 Å². The van der Waals surface area contributed by atoms with Crippen LogP contribution in [0.1, 0.15) is 27.9 Å². The summed E-state index contributed by atoms with van der Waals surface area (Å²) < 4.78 is 7.04. The largest absolute Gasteiger partial charge is 0.492 e. The minimum Gasteiger partial charge on any atom is -0.492 e. The number of nitrogens with zero attached hydrogens (tertiary/aromatic N) is 4. The molecule has 3 heterocycles. The topological polar surface area (TPSA) is 62.9 Å². The number of hydrogen-bond donors (Lipinski definition) is 1. The summed E-state index contributed by atoms with van der Waals surface area (Å²) in [6, 6.07) is 8.44. The molecule has 3 aromatic rings. The third-order valence-corrected chi connectivity index (χ3v) is 5.40. The minimum absolute atomic E-state index is 0.0115. The SMILES string of the molecule is Cc1cccc([C@H](c2sc3nc(C)nn3c2O)N2CCOCC2)c1. The lowest BCUT2D eigenvalue weighted by Gasteiger charge is -2.34.